The molecule has 21 heavy (non-hydrogen) atoms. The standard InChI is InChI=1S/C17H22N2O2/c1-12-5-7-13(8-6-12)16(20)10-15(18)17(21)14-4-3-9-19(2)11-14/h5-8,14,18H,3-4,9-11H2,1-2H3. The molecule has 4 nitrogen and oxygen atoms in total. The Morgan fingerprint density at radius 2 is 1.95 bits per heavy atom. The van der Waals surface area contributed by atoms with Gasteiger partial charge < -0.3 is 10.3 Å². The first-order valence-electron chi connectivity index (χ1n) is 7.37. The maximum Gasteiger partial charge on any atom is 0.181 e. The third-order valence-electron chi connectivity index (χ3n) is 4.00. The van der Waals surface area contributed by atoms with Gasteiger partial charge in [0.2, 0.25) is 0 Å². The van der Waals surface area contributed by atoms with Crippen molar-refractivity contribution in [3.63, 3.8) is 0 Å². The second kappa shape index (κ2) is 6.76. The Kier molecular flexibility index (Phi) is 5.02. The molecule has 0 spiro atoms. The van der Waals surface area contributed by atoms with Gasteiger partial charge >= 0.3 is 0 Å². The number of likely N-dealkylation sites (tertiary alicyclic amines) is 1. The molecule has 1 saturated heterocycles. The van der Waals surface area contributed by atoms with Gasteiger partial charge in [0.15, 0.2) is 11.6 Å². The minimum absolute atomic E-state index is 0.0547. The summed E-state index contributed by atoms with van der Waals surface area (Å²) < 4.78 is 0. The second-order valence-corrected chi connectivity index (χ2v) is 5.91. The van der Waals surface area contributed by atoms with Crippen LogP contribution in [0.3, 0.4) is 0 Å². The molecule has 0 bridgehead atoms. The van der Waals surface area contributed by atoms with Gasteiger partial charge in [0, 0.05) is 18.0 Å². The first-order valence-corrected chi connectivity index (χ1v) is 7.37. The second-order valence-electron chi connectivity index (χ2n) is 5.91. The number of carbonyl (C=O) groups excluding carboxylic acids is 2. The molecule has 1 atom stereocenters. The Morgan fingerprint density at radius 1 is 1.29 bits per heavy atom. The van der Waals surface area contributed by atoms with E-state index in [1.807, 2.05) is 26.1 Å². The smallest absolute Gasteiger partial charge is 0.181 e. The zero-order chi connectivity index (χ0) is 15.4. The highest BCUT2D eigenvalue weighted by Gasteiger charge is 2.27. The Labute approximate surface area is 125 Å². The van der Waals surface area contributed by atoms with Crippen LogP contribution < -0.4 is 0 Å². The normalized spacial score (nSPS) is 19.2. The Balaban J connectivity index is 1.95. The van der Waals surface area contributed by atoms with E-state index in [2.05, 4.69) is 4.90 Å². The van der Waals surface area contributed by atoms with Gasteiger partial charge in [-0.3, -0.25) is 9.59 Å². The molecule has 1 N–H and O–H groups in total. The van der Waals surface area contributed by atoms with Crippen molar-refractivity contribution in [3.05, 3.63) is 35.4 Å². The predicted octanol–water partition coefficient (Wildman–Crippen LogP) is 2.50. The first kappa shape index (κ1) is 15.6. The summed E-state index contributed by atoms with van der Waals surface area (Å²) >= 11 is 0. The van der Waals surface area contributed by atoms with Gasteiger partial charge in [0.05, 0.1) is 12.1 Å². The third kappa shape index (κ3) is 4.08. The molecule has 4 heteroatoms. The Morgan fingerprint density at radius 3 is 2.57 bits per heavy atom. The van der Waals surface area contributed by atoms with Gasteiger partial charge in [-0.1, -0.05) is 29.8 Å². The van der Waals surface area contributed by atoms with Gasteiger partial charge in [-0.05, 0) is 33.4 Å². The summed E-state index contributed by atoms with van der Waals surface area (Å²) in [5.74, 6) is -0.443. The van der Waals surface area contributed by atoms with E-state index in [9.17, 15) is 9.59 Å². The minimum atomic E-state index is -0.165. The lowest BCUT2D eigenvalue weighted by Gasteiger charge is -2.28. The summed E-state index contributed by atoms with van der Waals surface area (Å²) in [6.07, 6.45) is 1.71. The number of benzene rings is 1. The molecule has 2 rings (SSSR count). The summed E-state index contributed by atoms with van der Waals surface area (Å²) in [5, 5.41) is 7.93. The molecular weight excluding hydrogens is 264 g/mol. The highest BCUT2D eigenvalue weighted by Crippen LogP contribution is 2.17. The van der Waals surface area contributed by atoms with Crippen LogP contribution >= 0.6 is 0 Å². The van der Waals surface area contributed by atoms with Gasteiger partial charge in [0.25, 0.3) is 0 Å². The van der Waals surface area contributed by atoms with Crippen molar-refractivity contribution in [1.29, 1.82) is 5.41 Å². The molecule has 0 saturated carbocycles. The predicted molar refractivity (Wildman–Crippen MR) is 83.1 cm³/mol. The van der Waals surface area contributed by atoms with E-state index < -0.39 is 0 Å². The van der Waals surface area contributed by atoms with Crippen LogP contribution in [0.5, 0.6) is 0 Å². The monoisotopic (exact) mass is 286 g/mol. The lowest BCUT2D eigenvalue weighted by molar-refractivity contribution is -0.118. The topological polar surface area (TPSA) is 61.2 Å². The van der Waals surface area contributed by atoms with Crippen LogP contribution in [0, 0.1) is 18.3 Å². The molecule has 0 aliphatic carbocycles. The molecule has 0 radical (unpaired) electrons. The number of piperidine rings is 1. The number of nitrogens with one attached hydrogen (secondary N) is 1. The molecule has 1 unspecified atom stereocenters. The summed E-state index contributed by atoms with van der Waals surface area (Å²) in [5.41, 5.74) is 1.60. The number of carbonyl (C=O) groups is 2. The molecular formula is C17H22N2O2. The van der Waals surface area contributed by atoms with E-state index in [-0.39, 0.29) is 29.6 Å². The molecule has 1 aliphatic heterocycles. The number of nitrogens with zero attached hydrogens (tertiary/aromatic N) is 1. The average Bonchev–Trinajstić information content (AvgIpc) is 2.47. The fourth-order valence-electron chi connectivity index (χ4n) is 2.72. The van der Waals surface area contributed by atoms with Crippen LogP contribution in [0.1, 0.15) is 35.2 Å². The van der Waals surface area contributed by atoms with Crippen LogP contribution in [-0.4, -0.2) is 42.3 Å². The van der Waals surface area contributed by atoms with Crippen molar-refractivity contribution in [3.8, 4) is 0 Å². The summed E-state index contributed by atoms with van der Waals surface area (Å²) in [6.45, 7) is 3.65. The number of hydrogen-bond donors (Lipinski definition) is 1. The van der Waals surface area contributed by atoms with Crippen LogP contribution in [-0.2, 0) is 4.79 Å². The number of hydrogen-bond acceptors (Lipinski definition) is 4. The van der Waals surface area contributed by atoms with E-state index in [0.717, 1.165) is 24.9 Å². The quantitative estimate of drug-likeness (QED) is 0.668. The molecule has 1 aromatic carbocycles. The SMILES string of the molecule is Cc1ccc(C(=O)CC(=N)C(=O)C2CCCN(C)C2)cc1. The maximum absolute atomic E-state index is 12.3. The Bertz CT molecular complexity index is 548. The number of rotatable bonds is 5. The molecule has 1 fully saturated rings. The highest BCUT2D eigenvalue weighted by molar-refractivity contribution is 6.43. The van der Waals surface area contributed by atoms with Crippen LogP contribution in [0.25, 0.3) is 0 Å². The first-order chi connectivity index (χ1) is 9.97. The minimum Gasteiger partial charge on any atom is -0.306 e. The zero-order valence-electron chi connectivity index (χ0n) is 12.7. The van der Waals surface area contributed by atoms with Gasteiger partial charge in [-0.25, -0.2) is 0 Å². The van der Waals surface area contributed by atoms with Crippen LogP contribution in [0.2, 0.25) is 0 Å². The fourth-order valence-corrected chi connectivity index (χ4v) is 2.72. The van der Waals surface area contributed by atoms with E-state index in [1.165, 1.54) is 0 Å². The molecule has 112 valence electrons. The Hall–Kier alpha value is -1.81. The highest BCUT2D eigenvalue weighted by atomic mass is 16.1. The zero-order valence-corrected chi connectivity index (χ0v) is 12.7. The van der Waals surface area contributed by atoms with Crippen molar-refractivity contribution in [1.82, 2.24) is 4.90 Å². The largest absolute Gasteiger partial charge is 0.306 e. The van der Waals surface area contributed by atoms with Crippen LogP contribution in [0.4, 0.5) is 0 Å². The fraction of sp³-hybridized carbons (Fsp3) is 0.471. The van der Waals surface area contributed by atoms with E-state index in [0.29, 0.717) is 12.1 Å². The number of aryl methyl sites for hydroxylation is 1. The van der Waals surface area contributed by atoms with Crippen molar-refractivity contribution >= 4 is 17.3 Å². The lowest BCUT2D eigenvalue weighted by atomic mass is 9.89. The van der Waals surface area contributed by atoms with Gasteiger partial charge in [-0.15, -0.1) is 0 Å². The van der Waals surface area contributed by atoms with E-state index >= 15 is 0 Å². The molecule has 0 aromatic heterocycles. The number of Topliss-reactive ketones (excluding diaryl/α,β-unsaturated/α-hetero) is 2. The average molecular weight is 286 g/mol. The summed E-state index contributed by atoms with van der Waals surface area (Å²) in [6, 6.07) is 7.25. The van der Waals surface area contributed by atoms with Crippen molar-refractivity contribution in [2.45, 2.75) is 26.2 Å². The molecule has 1 heterocycles. The van der Waals surface area contributed by atoms with Gasteiger partial charge in [-0.2, -0.15) is 0 Å². The van der Waals surface area contributed by atoms with Crippen molar-refractivity contribution in [2.75, 3.05) is 20.1 Å². The summed E-state index contributed by atoms with van der Waals surface area (Å²) in [4.78, 5) is 26.5. The lowest BCUT2D eigenvalue weighted by Crippen LogP contribution is -2.38. The molecule has 1 aliphatic rings. The summed E-state index contributed by atoms with van der Waals surface area (Å²) in [7, 11) is 1.99. The third-order valence-corrected chi connectivity index (χ3v) is 4.00. The van der Waals surface area contributed by atoms with Crippen molar-refractivity contribution in [2.24, 2.45) is 5.92 Å². The molecule has 1 aromatic rings. The number of ketones is 2. The maximum atomic E-state index is 12.3. The van der Waals surface area contributed by atoms with Crippen LogP contribution in [0.15, 0.2) is 24.3 Å². The van der Waals surface area contributed by atoms with E-state index in [1.54, 1.807) is 12.1 Å². The van der Waals surface area contributed by atoms with E-state index in [4.69, 9.17) is 5.41 Å². The van der Waals surface area contributed by atoms with Crippen molar-refractivity contribution < 1.29 is 9.59 Å². The molecule has 0 amide bonds. The van der Waals surface area contributed by atoms with Gasteiger partial charge in [0.1, 0.15) is 0 Å².